The largest absolute Gasteiger partial charge is 0.479 e. The molecule has 1 saturated heterocycles. The van der Waals surface area contributed by atoms with E-state index in [1.807, 2.05) is 0 Å². The van der Waals surface area contributed by atoms with Crippen LogP contribution in [-0.2, 0) is 42.9 Å². The minimum absolute atomic E-state index is 0.0592. The zero-order valence-corrected chi connectivity index (χ0v) is 46.1. The highest BCUT2D eigenvalue weighted by Crippen LogP contribution is 2.26. The first kappa shape index (κ1) is 67.4. The summed E-state index contributed by atoms with van der Waals surface area (Å²) in [4.78, 5) is 51.0. The van der Waals surface area contributed by atoms with Crippen LogP contribution in [0.5, 0.6) is 0 Å². The number of unbranched alkanes of at least 4 members (excludes halogenated alkanes) is 25. The predicted molar refractivity (Wildman–Crippen MR) is 294 cm³/mol. The molecule has 12 heteroatoms. The number of rotatable bonds is 49. The predicted octanol–water partition coefficient (Wildman–Crippen LogP) is 14.8. The molecule has 6 unspecified atom stereocenters. The van der Waals surface area contributed by atoms with Crippen LogP contribution in [0, 0.1) is 0 Å². The number of carboxylic acids is 1. The molecule has 0 saturated carbocycles. The van der Waals surface area contributed by atoms with Gasteiger partial charge in [-0.2, -0.15) is 0 Å². The first-order chi connectivity index (χ1) is 35.6. The van der Waals surface area contributed by atoms with E-state index in [9.17, 15) is 34.5 Å². The number of hydrogen-bond donors (Lipinski definition) is 3. The number of ether oxygens (including phenoxy) is 5. The number of carboxylic acid groups (broad SMARTS) is 1. The van der Waals surface area contributed by atoms with E-state index in [1.165, 1.54) is 77.0 Å². The fourth-order valence-electron chi connectivity index (χ4n) is 8.59. The molecule has 1 rings (SSSR count). The van der Waals surface area contributed by atoms with Crippen molar-refractivity contribution in [2.75, 3.05) is 13.2 Å². The van der Waals surface area contributed by atoms with E-state index in [2.05, 4.69) is 81.5 Å². The van der Waals surface area contributed by atoms with Crippen LogP contribution in [0.15, 0.2) is 60.8 Å². The minimum Gasteiger partial charge on any atom is -0.479 e. The van der Waals surface area contributed by atoms with Crippen LogP contribution in [0.25, 0.3) is 0 Å². The lowest BCUT2D eigenvalue weighted by Crippen LogP contribution is -2.61. The average molecular weight is 1030 g/mol. The van der Waals surface area contributed by atoms with Gasteiger partial charge in [-0.25, -0.2) is 4.79 Å². The smallest absolute Gasteiger partial charge is 0.335 e. The molecule has 1 aliphatic heterocycles. The monoisotopic (exact) mass is 1030 g/mol. The van der Waals surface area contributed by atoms with E-state index in [0.29, 0.717) is 19.3 Å². The number of allylic oxidation sites excluding steroid dienone is 10. The van der Waals surface area contributed by atoms with Gasteiger partial charge in [-0.1, -0.05) is 210 Å². The van der Waals surface area contributed by atoms with Gasteiger partial charge in [0.15, 0.2) is 24.6 Å². The summed E-state index contributed by atoms with van der Waals surface area (Å²) in [5.74, 6) is -3.14. The second-order valence-corrected chi connectivity index (χ2v) is 19.9. The van der Waals surface area contributed by atoms with Gasteiger partial charge in [0.05, 0.1) is 6.61 Å². The normalized spacial score (nSPS) is 18.7. The Bertz CT molecular complexity index is 1500. The molecule has 0 amide bonds. The summed E-state index contributed by atoms with van der Waals surface area (Å²) in [6.45, 7) is 5.82. The summed E-state index contributed by atoms with van der Waals surface area (Å²) >= 11 is 0. The topological polar surface area (TPSA) is 175 Å². The maximum Gasteiger partial charge on any atom is 0.335 e. The number of aliphatic hydroxyl groups excluding tert-OH is 2. The minimum atomic E-state index is -1.90. The lowest BCUT2D eigenvalue weighted by Gasteiger charge is -2.40. The molecule has 0 bridgehead atoms. The van der Waals surface area contributed by atoms with E-state index in [-0.39, 0.29) is 25.9 Å². The van der Waals surface area contributed by atoms with E-state index >= 15 is 0 Å². The molecule has 0 aromatic carbocycles. The molecule has 0 spiro atoms. The van der Waals surface area contributed by atoms with Gasteiger partial charge >= 0.3 is 23.9 Å². The van der Waals surface area contributed by atoms with E-state index in [1.54, 1.807) is 0 Å². The molecule has 1 aliphatic rings. The molecule has 1 heterocycles. The van der Waals surface area contributed by atoms with Crippen molar-refractivity contribution in [2.24, 2.45) is 0 Å². The Morgan fingerprint density at radius 1 is 0.466 bits per heavy atom. The molecule has 0 aromatic heterocycles. The van der Waals surface area contributed by atoms with Crippen LogP contribution >= 0.6 is 0 Å². The van der Waals surface area contributed by atoms with Crippen molar-refractivity contribution in [3.8, 4) is 0 Å². The number of esters is 3. The third-order valence-corrected chi connectivity index (χ3v) is 13.1. The molecule has 0 aromatic rings. The van der Waals surface area contributed by atoms with Gasteiger partial charge < -0.3 is 39.0 Å². The van der Waals surface area contributed by atoms with Crippen molar-refractivity contribution < 1.29 is 58.2 Å². The van der Waals surface area contributed by atoms with Crippen LogP contribution in [0.1, 0.15) is 252 Å². The summed E-state index contributed by atoms with van der Waals surface area (Å²) in [5, 5.41) is 31.4. The second kappa shape index (κ2) is 49.3. The lowest BCUT2D eigenvalue weighted by molar-refractivity contribution is -0.301. The highest BCUT2D eigenvalue weighted by molar-refractivity contribution is 5.74. The summed E-state index contributed by atoms with van der Waals surface area (Å²) in [6.07, 6.45) is 47.6. The highest BCUT2D eigenvalue weighted by atomic mass is 16.7. The van der Waals surface area contributed by atoms with Crippen molar-refractivity contribution in [3.63, 3.8) is 0 Å². The summed E-state index contributed by atoms with van der Waals surface area (Å²) in [7, 11) is 0. The van der Waals surface area contributed by atoms with Crippen LogP contribution < -0.4 is 0 Å². The molecule has 1 fully saturated rings. The van der Waals surface area contributed by atoms with Gasteiger partial charge in [0.25, 0.3) is 0 Å². The second-order valence-electron chi connectivity index (χ2n) is 19.9. The van der Waals surface area contributed by atoms with E-state index in [0.717, 1.165) is 116 Å². The highest BCUT2D eigenvalue weighted by Gasteiger charge is 2.50. The summed E-state index contributed by atoms with van der Waals surface area (Å²) < 4.78 is 28.4. The third-order valence-electron chi connectivity index (χ3n) is 13.1. The van der Waals surface area contributed by atoms with Crippen LogP contribution in [-0.4, -0.2) is 89.2 Å². The maximum absolute atomic E-state index is 13.1. The zero-order valence-electron chi connectivity index (χ0n) is 46.1. The van der Waals surface area contributed by atoms with Gasteiger partial charge in [0.2, 0.25) is 0 Å². The van der Waals surface area contributed by atoms with Crippen molar-refractivity contribution in [2.45, 2.75) is 289 Å². The molecular formula is C61H104O12. The fourth-order valence-corrected chi connectivity index (χ4v) is 8.59. The SMILES string of the molecule is CC/C=C\C/C=C\C/C=C\CCCCCCCC(=O)OC(COC(=O)CCCCCCCCC/C=C\C/C=C\CCCCC)COC1OC(C(=O)O)C(O)C(O)C1OC(=O)CCCCCCCCCCCCC. The van der Waals surface area contributed by atoms with Crippen LogP contribution in [0.3, 0.4) is 0 Å². The molecule has 12 nitrogen and oxygen atoms in total. The Balaban J connectivity index is 2.70. The number of aliphatic carboxylic acids is 1. The van der Waals surface area contributed by atoms with Crippen LogP contribution in [0.2, 0.25) is 0 Å². The summed E-state index contributed by atoms with van der Waals surface area (Å²) in [6, 6.07) is 0. The van der Waals surface area contributed by atoms with Gasteiger partial charge in [0, 0.05) is 19.3 Å². The molecule has 6 atom stereocenters. The number of carbonyl (C=O) groups excluding carboxylic acids is 3. The van der Waals surface area contributed by atoms with Crippen molar-refractivity contribution in [1.82, 2.24) is 0 Å². The van der Waals surface area contributed by atoms with Crippen LogP contribution in [0.4, 0.5) is 0 Å². The Hall–Kier alpha value is -3.58. The van der Waals surface area contributed by atoms with E-state index < -0.39 is 67.3 Å². The first-order valence-electron chi connectivity index (χ1n) is 29.3. The fraction of sp³-hybridized carbons (Fsp3) is 0.770. The third kappa shape index (κ3) is 39.5. The van der Waals surface area contributed by atoms with E-state index in [4.69, 9.17) is 23.7 Å². The molecule has 3 N–H and O–H groups in total. The van der Waals surface area contributed by atoms with Gasteiger partial charge in [0.1, 0.15) is 18.8 Å². The maximum atomic E-state index is 13.1. The number of hydrogen-bond acceptors (Lipinski definition) is 11. The molecule has 0 radical (unpaired) electrons. The molecule has 0 aliphatic carbocycles. The average Bonchev–Trinajstić information content (AvgIpc) is 3.37. The van der Waals surface area contributed by atoms with Gasteiger partial charge in [-0.05, 0) is 83.5 Å². The number of aliphatic hydroxyl groups is 2. The Kier molecular flexibility index (Phi) is 45.5. The summed E-state index contributed by atoms with van der Waals surface area (Å²) in [5.41, 5.74) is 0. The van der Waals surface area contributed by atoms with Gasteiger partial charge in [-0.3, -0.25) is 14.4 Å². The quantitative estimate of drug-likeness (QED) is 0.0228. The molecular weight excluding hydrogens is 925 g/mol. The van der Waals surface area contributed by atoms with Gasteiger partial charge in [-0.15, -0.1) is 0 Å². The Morgan fingerprint density at radius 2 is 0.863 bits per heavy atom. The molecule has 73 heavy (non-hydrogen) atoms. The van der Waals surface area contributed by atoms with Crippen molar-refractivity contribution in [1.29, 1.82) is 0 Å². The Labute approximate surface area is 443 Å². The lowest BCUT2D eigenvalue weighted by atomic mass is 9.98. The molecule has 420 valence electrons. The van der Waals surface area contributed by atoms with Crippen molar-refractivity contribution in [3.05, 3.63) is 60.8 Å². The van der Waals surface area contributed by atoms with Crippen molar-refractivity contribution >= 4 is 23.9 Å². The number of carbonyl (C=O) groups is 4. The zero-order chi connectivity index (χ0) is 53.3. The standard InChI is InChI=1S/C61H104O12/c1-4-7-10-13-16-19-22-24-26-27-29-30-33-35-38-41-44-47-53(62)69-50-52(71-54(63)48-45-42-39-37-34-31-28-25-23-20-17-14-11-8-5-2)51-70-61-59(57(66)56(65)58(73-61)60(67)68)72-55(64)49-46-43-40-36-32-21-18-15-12-9-6-3/h8,11,16-17,19-20,24-26,28,52,56-59,61,65-66H,4-7,9-10,12-15,18,21-23,27,29-51H2,1-3H3,(H,67,68)/b11-8-,19-16-,20-17-,26-24-,28-25-. The Morgan fingerprint density at radius 3 is 1.34 bits per heavy atom. The first-order valence-corrected chi connectivity index (χ1v) is 29.3.